The third-order valence-corrected chi connectivity index (χ3v) is 2.65. The van der Waals surface area contributed by atoms with Gasteiger partial charge in [0, 0.05) is 5.39 Å². The predicted molar refractivity (Wildman–Crippen MR) is 68.3 cm³/mol. The van der Waals surface area contributed by atoms with E-state index in [2.05, 4.69) is 10.3 Å². The smallest absolute Gasteiger partial charge is 0.311 e. The van der Waals surface area contributed by atoms with Gasteiger partial charge in [0.15, 0.2) is 0 Å². The summed E-state index contributed by atoms with van der Waals surface area (Å²) >= 11 is 0. The number of nitrogens with one attached hydrogen (secondary N) is 1. The lowest BCUT2D eigenvalue weighted by molar-refractivity contribution is -0.384. The van der Waals surface area contributed by atoms with Crippen LogP contribution in [-0.2, 0) is 0 Å². The topological polar surface area (TPSA) is 88.3 Å². The number of nitro groups is 1. The van der Waals surface area contributed by atoms with Crippen molar-refractivity contribution in [2.75, 3.05) is 5.32 Å². The summed E-state index contributed by atoms with van der Waals surface area (Å²) in [6, 6.07) is 7.08. The molecule has 1 aromatic heterocycles. The Kier molecular flexibility index (Phi) is 3.38. The molecule has 2 aromatic rings. The molecular formula is C12H13N3O3. The van der Waals surface area contributed by atoms with Crippen LogP contribution in [0.4, 0.5) is 11.4 Å². The number of aromatic nitrogens is 1. The number of fused-ring (bicyclic) bond motifs is 1. The van der Waals surface area contributed by atoms with Gasteiger partial charge < -0.3 is 10.4 Å². The third kappa shape index (κ3) is 2.23. The average molecular weight is 247 g/mol. The highest BCUT2D eigenvalue weighted by Crippen LogP contribution is 2.31. The average Bonchev–Trinajstić information content (AvgIpc) is 2.38. The quantitative estimate of drug-likeness (QED) is 0.491. The Labute approximate surface area is 103 Å². The second-order valence-electron chi connectivity index (χ2n) is 3.86. The molecule has 0 aliphatic carbocycles. The van der Waals surface area contributed by atoms with Crippen molar-refractivity contribution in [2.45, 2.75) is 19.6 Å². The van der Waals surface area contributed by atoms with Crippen molar-refractivity contribution in [3.63, 3.8) is 0 Å². The van der Waals surface area contributed by atoms with E-state index >= 15 is 0 Å². The molecule has 1 heterocycles. The minimum Gasteiger partial charge on any atom is -0.374 e. The Hall–Kier alpha value is -2.21. The Morgan fingerprint density at radius 2 is 2.22 bits per heavy atom. The van der Waals surface area contributed by atoms with Crippen molar-refractivity contribution in [2.24, 2.45) is 0 Å². The maximum Gasteiger partial charge on any atom is 0.311 e. The van der Waals surface area contributed by atoms with Crippen LogP contribution >= 0.6 is 0 Å². The molecule has 0 spiro atoms. The van der Waals surface area contributed by atoms with Crippen LogP contribution in [0.5, 0.6) is 0 Å². The van der Waals surface area contributed by atoms with Crippen molar-refractivity contribution in [1.29, 1.82) is 0 Å². The number of hydrogen-bond donors (Lipinski definition) is 2. The Morgan fingerprint density at radius 1 is 1.50 bits per heavy atom. The number of para-hydroxylation sites is 1. The first-order valence-electron chi connectivity index (χ1n) is 5.60. The van der Waals surface area contributed by atoms with Gasteiger partial charge in [-0.2, -0.15) is 0 Å². The molecule has 6 heteroatoms. The fourth-order valence-corrected chi connectivity index (χ4v) is 1.69. The van der Waals surface area contributed by atoms with E-state index in [1.54, 1.807) is 31.2 Å². The lowest BCUT2D eigenvalue weighted by atomic mass is 10.1. The number of aliphatic hydroxyl groups excluding tert-OH is 1. The molecule has 18 heavy (non-hydrogen) atoms. The molecule has 0 saturated heterocycles. The molecular weight excluding hydrogens is 234 g/mol. The first kappa shape index (κ1) is 12.3. The predicted octanol–water partition coefficient (Wildman–Crippen LogP) is 2.28. The highest BCUT2D eigenvalue weighted by atomic mass is 16.6. The number of rotatable bonds is 4. The standard InChI is InChI=1S/C12H13N3O3/c1-2-11(16)14-12-8-5-3-4-6-9(8)13-7-10(12)15(17)18/h3-7,11,16H,2H2,1H3,(H,13,14). The largest absolute Gasteiger partial charge is 0.374 e. The van der Waals surface area contributed by atoms with Gasteiger partial charge in [-0.1, -0.05) is 25.1 Å². The second-order valence-corrected chi connectivity index (χ2v) is 3.86. The number of anilines is 1. The van der Waals surface area contributed by atoms with E-state index in [4.69, 9.17) is 0 Å². The lowest BCUT2D eigenvalue weighted by Crippen LogP contribution is -2.18. The van der Waals surface area contributed by atoms with Gasteiger partial charge in [-0.3, -0.25) is 10.1 Å². The van der Waals surface area contributed by atoms with Crippen molar-refractivity contribution in [1.82, 2.24) is 4.98 Å². The molecule has 6 nitrogen and oxygen atoms in total. The third-order valence-electron chi connectivity index (χ3n) is 2.65. The van der Waals surface area contributed by atoms with E-state index in [9.17, 15) is 15.2 Å². The second kappa shape index (κ2) is 4.97. The van der Waals surface area contributed by atoms with Crippen LogP contribution in [0.1, 0.15) is 13.3 Å². The maximum absolute atomic E-state index is 11.0. The van der Waals surface area contributed by atoms with Crippen molar-refractivity contribution in [3.8, 4) is 0 Å². The van der Waals surface area contributed by atoms with Crippen LogP contribution in [0.3, 0.4) is 0 Å². The number of aliphatic hydroxyl groups is 1. The van der Waals surface area contributed by atoms with E-state index in [1.165, 1.54) is 6.20 Å². The summed E-state index contributed by atoms with van der Waals surface area (Å²) in [4.78, 5) is 14.5. The molecule has 1 unspecified atom stereocenters. The molecule has 94 valence electrons. The van der Waals surface area contributed by atoms with Gasteiger partial charge in [0.2, 0.25) is 0 Å². The van der Waals surface area contributed by atoms with Gasteiger partial charge in [-0.05, 0) is 12.5 Å². The maximum atomic E-state index is 11.0. The summed E-state index contributed by atoms with van der Waals surface area (Å²) in [6.45, 7) is 1.78. The fourth-order valence-electron chi connectivity index (χ4n) is 1.69. The number of benzene rings is 1. The van der Waals surface area contributed by atoms with Crippen molar-refractivity contribution < 1.29 is 10.0 Å². The molecule has 1 aromatic carbocycles. The number of hydrogen-bond acceptors (Lipinski definition) is 5. The van der Waals surface area contributed by atoms with Gasteiger partial charge in [0.25, 0.3) is 0 Å². The minimum atomic E-state index is -0.825. The Morgan fingerprint density at radius 3 is 2.89 bits per heavy atom. The fraction of sp³-hybridized carbons (Fsp3) is 0.250. The van der Waals surface area contributed by atoms with Crippen LogP contribution in [-0.4, -0.2) is 21.2 Å². The molecule has 0 aliphatic rings. The van der Waals surface area contributed by atoms with Crippen LogP contribution in [0.2, 0.25) is 0 Å². The van der Waals surface area contributed by atoms with E-state index in [0.717, 1.165) is 0 Å². The monoisotopic (exact) mass is 247 g/mol. The molecule has 0 fully saturated rings. The number of pyridine rings is 1. The molecule has 0 bridgehead atoms. The van der Waals surface area contributed by atoms with Gasteiger partial charge >= 0.3 is 5.69 Å². The highest BCUT2D eigenvalue weighted by Gasteiger charge is 2.19. The summed E-state index contributed by atoms with van der Waals surface area (Å²) in [5.41, 5.74) is 0.815. The molecule has 0 amide bonds. The molecule has 0 aliphatic heterocycles. The molecule has 2 N–H and O–H groups in total. The molecule has 1 atom stereocenters. The first-order valence-corrected chi connectivity index (χ1v) is 5.60. The van der Waals surface area contributed by atoms with Crippen LogP contribution in [0.15, 0.2) is 30.5 Å². The van der Waals surface area contributed by atoms with Crippen LogP contribution < -0.4 is 5.32 Å². The summed E-state index contributed by atoms with van der Waals surface area (Å²) in [7, 11) is 0. The zero-order valence-corrected chi connectivity index (χ0v) is 9.83. The van der Waals surface area contributed by atoms with Gasteiger partial charge in [-0.15, -0.1) is 0 Å². The van der Waals surface area contributed by atoms with Gasteiger partial charge in [-0.25, -0.2) is 4.98 Å². The summed E-state index contributed by atoms with van der Waals surface area (Å²) in [5, 5.41) is 24.0. The minimum absolute atomic E-state index is 0.138. The lowest BCUT2D eigenvalue weighted by Gasteiger charge is -2.13. The van der Waals surface area contributed by atoms with Crippen molar-refractivity contribution in [3.05, 3.63) is 40.6 Å². The van der Waals surface area contributed by atoms with E-state index in [-0.39, 0.29) is 5.69 Å². The first-order chi connectivity index (χ1) is 8.63. The van der Waals surface area contributed by atoms with E-state index < -0.39 is 11.2 Å². The summed E-state index contributed by atoms with van der Waals surface area (Å²) < 4.78 is 0. The normalized spacial score (nSPS) is 12.3. The zero-order chi connectivity index (χ0) is 13.1. The molecule has 0 radical (unpaired) electrons. The van der Waals surface area contributed by atoms with Crippen LogP contribution in [0, 0.1) is 10.1 Å². The molecule has 2 rings (SSSR count). The SMILES string of the molecule is CCC(O)Nc1c([N+](=O)[O-])cnc2ccccc12. The van der Waals surface area contributed by atoms with Crippen LogP contribution in [0.25, 0.3) is 10.9 Å². The van der Waals surface area contributed by atoms with Gasteiger partial charge in [0.1, 0.15) is 18.1 Å². The van der Waals surface area contributed by atoms with Crippen molar-refractivity contribution >= 4 is 22.3 Å². The van der Waals surface area contributed by atoms with E-state index in [0.29, 0.717) is 23.0 Å². The van der Waals surface area contributed by atoms with Gasteiger partial charge in [0.05, 0.1) is 10.4 Å². The Bertz CT molecular complexity index is 586. The Balaban J connectivity index is 2.62. The molecule has 0 saturated carbocycles. The number of nitrogens with zero attached hydrogens (tertiary/aromatic N) is 2. The summed E-state index contributed by atoms with van der Waals surface area (Å²) in [5.74, 6) is 0. The van der Waals surface area contributed by atoms with E-state index in [1.807, 2.05) is 0 Å². The summed E-state index contributed by atoms with van der Waals surface area (Å²) in [6.07, 6.45) is 0.829. The highest BCUT2D eigenvalue weighted by molar-refractivity contribution is 5.95. The zero-order valence-electron chi connectivity index (χ0n) is 9.83.